The van der Waals surface area contributed by atoms with Crippen molar-refractivity contribution in [1.82, 2.24) is 8.61 Å². The summed E-state index contributed by atoms with van der Waals surface area (Å²) in [6, 6.07) is 0. The van der Waals surface area contributed by atoms with E-state index in [2.05, 4.69) is 19.7 Å². The number of nitrogens with zero attached hydrogens (tertiary/aromatic N) is 5. The number of aliphatic imine (C=N–C) groups is 3. The average Bonchev–Trinajstić information content (AvgIpc) is 2.96. The third-order valence-corrected chi connectivity index (χ3v) is 5.96. The van der Waals surface area contributed by atoms with E-state index in [4.69, 9.17) is 5.73 Å². The molecule has 0 spiro atoms. The largest absolute Gasteiger partial charge is 1.00 e. The molecule has 2 rings (SSSR count). The van der Waals surface area contributed by atoms with E-state index < -0.39 is 22.3 Å². The van der Waals surface area contributed by atoms with Crippen LogP contribution in [-0.4, -0.2) is 73.6 Å². The van der Waals surface area contributed by atoms with Gasteiger partial charge in [-0.2, -0.15) is 25.2 Å². The number of ether oxygens (including phenoxy) is 1. The second-order valence-electron chi connectivity index (χ2n) is 4.99. The Morgan fingerprint density at radius 2 is 2.19 bits per heavy atom. The van der Waals surface area contributed by atoms with E-state index in [1.54, 1.807) is 18.1 Å². The molecule has 0 fully saturated rings. The monoisotopic (exact) mass is 425 g/mol. The number of hydrogen-bond acceptors (Lipinski definition) is 8. The molecule has 0 atom stereocenters. The van der Waals surface area contributed by atoms with Crippen LogP contribution in [0.15, 0.2) is 26.4 Å². The summed E-state index contributed by atoms with van der Waals surface area (Å²) in [5, 5.41) is 1.95. The van der Waals surface area contributed by atoms with E-state index in [0.29, 0.717) is 12.3 Å². The lowest BCUT2D eigenvalue weighted by Crippen LogP contribution is -3.00. The zero-order valence-corrected chi connectivity index (χ0v) is 16.8. The van der Waals surface area contributed by atoms with Gasteiger partial charge in [-0.1, -0.05) is 0 Å². The molecule has 26 heavy (non-hydrogen) atoms. The van der Waals surface area contributed by atoms with Crippen LogP contribution >= 0.6 is 11.8 Å². The molecule has 0 saturated heterocycles. The molecule has 14 heteroatoms. The molecular formula is C12H20ClN7O4S2. The first kappa shape index (κ1) is 22.2. The molecule has 11 nitrogen and oxygen atoms in total. The maximum Gasteiger partial charge on any atom is 0.432 e. The van der Waals surface area contributed by atoms with Crippen molar-refractivity contribution in [1.29, 1.82) is 0 Å². The van der Waals surface area contributed by atoms with Gasteiger partial charge >= 0.3 is 16.3 Å². The molecule has 0 unspecified atom stereocenters. The van der Waals surface area contributed by atoms with E-state index in [1.807, 2.05) is 12.2 Å². The predicted octanol–water partition coefficient (Wildman–Crippen LogP) is -4.51. The normalized spacial score (nSPS) is 20.3. The number of rotatable bonds is 5. The summed E-state index contributed by atoms with van der Waals surface area (Å²) in [5.41, 5.74) is 7.73. The fraction of sp³-hybridized carbons (Fsp3) is 0.500. The molecule has 0 radical (unpaired) electrons. The average molecular weight is 426 g/mol. The fourth-order valence-electron chi connectivity index (χ4n) is 1.93. The Morgan fingerprint density at radius 1 is 1.50 bits per heavy atom. The Morgan fingerprint density at radius 3 is 2.77 bits per heavy atom. The summed E-state index contributed by atoms with van der Waals surface area (Å²) >= 11 is 1.62. The van der Waals surface area contributed by atoms with Gasteiger partial charge in [0.05, 0.1) is 13.7 Å². The van der Waals surface area contributed by atoms with Gasteiger partial charge in [-0.25, -0.2) is 19.1 Å². The van der Waals surface area contributed by atoms with Crippen LogP contribution in [0.4, 0.5) is 4.79 Å². The molecule has 0 aliphatic carbocycles. The van der Waals surface area contributed by atoms with Gasteiger partial charge in [-0.05, 0) is 0 Å². The summed E-state index contributed by atoms with van der Waals surface area (Å²) in [6.07, 6.45) is 0.623. The quantitative estimate of drug-likeness (QED) is 0.424. The molecule has 0 saturated carbocycles. The number of guanidine groups is 2. The lowest BCUT2D eigenvalue weighted by Gasteiger charge is -2.30. The number of hydrogen-bond donors (Lipinski definition) is 2. The number of nitrogens with two attached hydrogens (primary N) is 2. The topological polar surface area (TPSA) is 147 Å². The molecule has 4 N–H and O–H groups in total. The van der Waals surface area contributed by atoms with Crippen LogP contribution in [0.3, 0.4) is 0 Å². The number of carbonyl (C=O) groups excluding carboxylic acids is 1. The number of carbonyl (C=O) groups is 1. The Hall–Kier alpha value is -1.83. The Bertz CT molecular complexity index is 778. The zero-order chi connectivity index (χ0) is 18.6. The SMILES string of the molecule is COC(=O)N1C(N)=NC(=NCCSCC2=C(C)[NH2+]C=N2)N(C)S1(=O)=O.[Cl-]. The van der Waals surface area contributed by atoms with Crippen LogP contribution in [-0.2, 0) is 14.9 Å². The van der Waals surface area contributed by atoms with Gasteiger partial charge in [0.2, 0.25) is 11.9 Å². The zero-order valence-electron chi connectivity index (χ0n) is 14.4. The maximum absolute atomic E-state index is 12.3. The fourth-order valence-corrected chi connectivity index (χ4v) is 3.89. The Kier molecular flexibility index (Phi) is 7.87. The number of halogens is 1. The molecule has 2 aliphatic rings. The minimum absolute atomic E-state index is 0. The molecule has 146 valence electrons. The number of amides is 1. The van der Waals surface area contributed by atoms with Gasteiger partial charge in [0.1, 0.15) is 11.4 Å². The van der Waals surface area contributed by atoms with Crippen LogP contribution in [0.1, 0.15) is 6.92 Å². The van der Waals surface area contributed by atoms with E-state index in [-0.39, 0.29) is 22.7 Å². The van der Waals surface area contributed by atoms with Gasteiger partial charge in [-0.15, -0.1) is 4.31 Å². The van der Waals surface area contributed by atoms with Crippen molar-refractivity contribution in [2.24, 2.45) is 20.7 Å². The number of quaternary nitrogens is 1. The van der Waals surface area contributed by atoms with Crippen LogP contribution in [0.5, 0.6) is 0 Å². The molecule has 0 aromatic heterocycles. The lowest BCUT2D eigenvalue weighted by atomic mass is 10.4. The van der Waals surface area contributed by atoms with Crippen molar-refractivity contribution in [3.05, 3.63) is 11.4 Å². The predicted molar refractivity (Wildman–Crippen MR) is 95.3 cm³/mol. The van der Waals surface area contributed by atoms with Crippen molar-refractivity contribution in [3.63, 3.8) is 0 Å². The first-order valence-corrected chi connectivity index (χ1v) is 9.75. The molecule has 0 bridgehead atoms. The minimum Gasteiger partial charge on any atom is -1.00 e. The van der Waals surface area contributed by atoms with Crippen LogP contribution in [0.2, 0.25) is 0 Å². The summed E-state index contributed by atoms with van der Waals surface area (Å²) in [4.78, 5) is 23.8. The van der Waals surface area contributed by atoms with E-state index in [1.165, 1.54) is 7.05 Å². The van der Waals surface area contributed by atoms with E-state index >= 15 is 0 Å². The lowest BCUT2D eigenvalue weighted by molar-refractivity contribution is -0.469. The molecular weight excluding hydrogens is 406 g/mol. The summed E-state index contributed by atoms with van der Waals surface area (Å²) in [5.74, 6) is 0.813. The Balaban J connectivity index is 0.00000338. The van der Waals surface area contributed by atoms with Gasteiger partial charge in [-0.3, -0.25) is 5.32 Å². The highest BCUT2D eigenvalue weighted by atomic mass is 35.5. The van der Waals surface area contributed by atoms with Crippen molar-refractivity contribution in [3.8, 4) is 0 Å². The van der Waals surface area contributed by atoms with Gasteiger partial charge in [0.25, 0.3) is 0 Å². The van der Waals surface area contributed by atoms with Gasteiger partial charge in [0.15, 0.2) is 6.34 Å². The molecule has 2 aliphatic heterocycles. The number of allylic oxidation sites excluding steroid dienone is 1. The van der Waals surface area contributed by atoms with Crippen molar-refractivity contribution >= 4 is 46.3 Å². The minimum atomic E-state index is -4.21. The third kappa shape index (κ3) is 4.66. The van der Waals surface area contributed by atoms with Crippen molar-refractivity contribution in [2.45, 2.75) is 6.92 Å². The summed E-state index contributed by atoms with van der Waals surface area (Å²) < 4.78 is 30.1. The highest BCUT2D eigenvalue weighted by Crippen LogP contribution is 2.16. The second-order valence-corrected chi connectivity index (χ2v) is 7.90. The molecule has 1 amide bonds. The number of thioether (sulfide) groups is 1. The number of methoxy groups -OCH3 is 1. The van der Waals surface area contributed by atoms with E-state index in [0.717, 1.165) is 28.6 Å². The highest BCUT2D eigenvalue weighted by Gasteiger charge is 2.41. The first-order valence-electron chi connectivity index (χ1n) is 7.19. The summed E-state index contributed by atoms with van der Waals surface area (Å²) in [6.45, 7) is 2.34. The van der Waals surface area contributed by atoms with Gasteiger partial charge < -0.3 is 22.9 Å². The van der Waals surface area contributed by atoms with Crippen LogP contribution < -0.4 is 23.5 Å². The first-order chi connectivity index (χ1) is 11.8. The molecule has 0 aromatic carbocycles. The Labute approximate surface area is 162 Å². The molecule has 0 aromatic rings. The smallest absolute Gasteiger partial charge is 0.432 e. The van der Waals surface area contributed by atoms with Crippen molar-refractivity contribution in [2.75, 3.05) is 32.2 Å². The highest BCUT2D eigenvalue weighted by molar-refractivity contribution is 7.99. The third-order valence-electron chi connectivity index (χ3n) is 3.36. The van der Waals surface area contributed by atoms with Crippen LogP contribution in [0.25, 0.3) is 0 Å². The van der Waals surface area contributed by atoms with E-state index in [9.17, 15) is 13.2 Å². The summed E-state index contributed by atoms with van der Waals surface area (Å²) in [7, 11) is -1.92. The van der Waals surface area contributed by atoms with Crippen LogP contribution in [0, 0.1) is 0 Å². The molecule has 2 heterocycles. The van der Waals surface area contributed by atoms with Gasteiger partial charge in [0, 0.05) is 25.5 Å². The maximum atomic E-state index is 12.3. The standard InChI is InChI=1S/C12H19N7O4S2.ClH/c1-8-9(16-7-15-8)6-24-5-4-14-11-17-10(13)19(12(20)23-3)25(21,22)18(11)2;/h7H,4-6H2,1-3H3,(H,15,16)(H2,13,14,17);1H. The van der Waals surface area contributed by atoms with Crippen molar-refractivity contribution < 1.29 is 35.7 Å². The second kappa shape index (κ2) is 9.21.